The fourth-order valence-electron chi connectivity index (χ4n) is 2.20. The van der Waals surface area contributed by atoms with Crippen LogP contribution in [-0.4, -0.2) is 11.0 Å². The number of fused-ring (bicyclic) bond motifs is 1. The third-order valence-electron chi connectivity index (χ3n) is 3.00. The Labute approximate surface area is 95.5 Å². The molecule has 0 spiro atoms. The Bertz CT molecular complexity index is 426. The van der Waals surface area contributed by atoms with Crippen LogP contribution in [-0.2, 0) is 11.2 Å². The van der Waals surface area contributed by atoms with Crippen molar-refractivity contribution < 1.29 is 9.90 Å². The second-order valence-electron chi connectivity index (χ2n) is 4.40. The summed E-state index contributed by atoms with van der Waals surface area (Å²) in [6, 6.07) is 3.91. The quantitative estimate of drug-likeness (QED) is 0.819. The van der Waals surface area contributed by atoms with Gasteiger partial charge in [-0.05, 0) is 30.0 Å². The van der Waals surface area contributed by atoms with Gasteiger partial charge in [0, 0.05) is 5.69 Å². The van der Waals surface area contributed by atoms with E-state index in [-0.39, 0.29) is 5.91 Å². The van der Waals surface area contributed by atoms with Crippen molar-refractivity contribution in [3.8, 4) is 0 Å². The Morgan fingerprint density at radius 2 is 2.25 bits per heavy atom. The minimum Gasteiger partial charge on any atom is -0.388 e. The first-order valence-corrected chi connectivity index (χ1v) is 5.73. The number of amides is 1. The number of carbonyl (C=O) groups is 1. The molecule has 2 rings (SSSR count). The number of benzene rings is 1. The van der Waals surface area contributed by atoms with Crippen molar-refractivity contribution in [2.24, 2.45) is 0 Å². The molecule has 1 aromatic rings. The van der Waals surface area contributed by atoms with Gasteiger partial charge in [-0.15, -0.1) is 0 Å². The molecule has 16 heavy (non-hydrogen) atoms. The fraction of sp³-hybridized carbons (Fsp3) is 0.462. The van der Waals surface area contributed by atoms with Crippen molar-refractivity contribution in [1.82, 2.24) is 0 Å². The van der Waals surface area contributed by atoms with Gasteiger partial charge in [-0.25, -0.2) is 0 Å². The maximum atomic E-state index is 11.3. The number of anilines is 1. The van der Waals surface area contributed by atoms with Gasteiger partial charge in [0.2, 0.25) is 5.91 Å². The molecule has 1 unspecified atom stereocenters. The van der Waals surface area contributed by atoms with Crippen LogP contribution in [0.25, 0.3) is 0 Å². The first-order valence-electron chi connectivity index (χ1n) is 5.73. The standard InChI is InChI=1S/C13H17NO2/c1-3-4-11(15)9-5-8(2)13-10(6-9)7-12(16)14-13/h5-6,11,15H,3-4,7H2,1-2H3,(H,14,16). The van der Waals surface area contributed by atoms with Crippen molar-refractivity contribution in [2.45, 2.75) is 39.2 Å². The fourth-order valence-corrected chi connectivity index (χ4v) is 2.20. The van der Waals surface area contributed by atoms with Crippen molar-refractivity contribution in [3.05, 3.63) is 28.8 Å². The lowest BCUT2D eigenvalue weighted by Gasteiger charge is -2.13. The molecule has 0 fully saturated rings. The normalized spacial score (nSPS) is 15.8. The molecule has 1 aliphatic heterocycles. The summed E-state index contributed by atoms with van der Waals surface area (Å²) in [4.78, 5) is 11.3. The molecular formula is C13H17NO2. The van der Waals surface area contributed by atoms with E-state index in [4.69, 9.17) is 0 Å². The van der Waals surface area contributed by atoms with E-state index >= 15 is 0 Å². The summed E-state index contributed by atoms with van der Waals surface area (Å²) in [7, 11) is 0. The molecule has 0 bridgehead atoms. The molecular weight excluding hydrogens is 202 g/mol. The van der Waals surface area contributed by atoms with Gasteiger partial charge in [0.25, 0.3) is 0 Å². The molecule has 0 saturated carbocycles. The van der Waals surface area contributed by atoms with Gasteiger partial charge < -0.3 is 10.4 Å². The lowest BCUT2D eigenvalue weighted by molar-refractivity contribution is -0.115. The first kappa shape index (κ1) is 11.1. The number of hydrogen-bond donors (Lipinski definition) is 2. The van der Waals surface area contributed by atoms with Crippen LogP contribution in [0.2, 0.25) is 0 Å². The second-order valence-corrected chi connectivity index (χ2v) is 4.40. The minimum atomic E-state index is -0.412. The van der Waals surface area contributed by atoms with Crippen LogP contribution in [0.5, 0.6) is 0 Å². The Kier molecular flexibility index (Phi) is 2.97. The van der Waals surface area contributed by atoms with Gasteiger partial charge in [0.1, 0.15) is 0 Å². The molecule has 1 amide bonds. The zero-order valence-corrected chi connectivity index (χ0v) is 9.71. The van der Waals surface area contributed by atoms with E-state index in [0.29, 0.717) is 6.42 Å². The van der Waals surface area contributed by atoms with Gasteiger partial charge in [-0.3, -0.25) is 4.79 Å². The van der Waals surface area contributed by atoms with Crippen molar-refractivity contribution >= 4 is 11.6 Å². The minimum absolute atomic E-state index is 0.0419. The van der Waals surface area contributed by atoms with E-state index in [0.717, 1.165) is 35.2 Å². The van der Waals surface area contributed by atoms with Crippen LogP contribution in [0.1, 0.15) is 42.6 Å². The lowest BCUT2D eigenvalue weighted by Crippen LogP contribution is -2.04. The van der Waals surface area contributed by atoms with E-state index in [1.54, 1.807) is 0 Å². The summed E-state index contributed by atoms with van der Waals surface area (Å²) in [6.07, 6.45) is 1.74. The summed E-state index contributed by atoms with van der Waals surface area (Å²) < 4.78 is 0. The highest BCUT2D eigenvalue weighted by Gasteiger charge is 2.21. The molecule has 3 nitrogen and oxygen atoms in total. The van der Waals surface area contributed by atoms with Crippen molar-refractivity contribution in [3.63, 3.8) is 0 Å². The number of aliphatic hydroxyl groups is 1. The maximum absolute atomic E-state index is 11.3. The van der Waals surface area contributed by atoms with E-state index in [1.165, 1.54) is 0 Å². The van der Waals surface area contributed by atoms with Gasteiger partial charge >= 0.3 is 0 Å². The van der Waals surface area contributed by atoms with Crippen LogP contribution < -0.4 is 5.32 Å². The number of carbonyl (C=O) groups excluding carboxylic acids is 1. The van der Waals surface area contributed by atoms with E-state index < -0.39 is 6.10 Å². The zero-order valence-electron chi connectivity index (χ0n) is 9.71. The lowest BCUT2D eigenvalue weighted by atomic mass is 9.98. The summed E-state index contributed by atoms with van der Waals surface area (Å²) >= 11 is 0. The van der Waals surface area contributed by atoms with Crippen molar-refractivity contribution in [2.75, 3.05) is 5.32 Å². The molecule has 3 heteroatoms. The van der Waals surface area contributed by atoms with Gasteiger partial charge in [0.15, 0.2) is 0 Å². The molecule has 86 valence electrons. The summed E-state index contributed by atoms with van der Waals surface area (Å²) in [5, 5.41) is 12.8. The number of rotatable bonds is 3. The van der Waals surface area contributed by atoms with Crippen LogP contribution in [0.3, 0.4) is 0 Å². The SMILES string of the molecule is CCCC(O)c1cc(C)c2c(c1)CC(=O)N2. The van der Waals surface area contributed by atoms with Gasteiger partial charge in [0.05, 0.1) is 12.5 Å². The number of aryl methyl sites for hydroxylation is 1. The Hall–Kier alpha value is -1.35. The highest BCUT2D eigenvalue weighted by Crippen LogP contribution is 2.31. The Morgan fingerprint density at radius 1 is 1.50 bits per heavy atom. The van der Waals surface area contributed by atoms with Crippen molar-refractivity contribution in [1.29, 1.82) is 0 Å². The molecule has 1 aromatic carbocycles. The highest BCUT2D eigenvalue weighted by atomic mass is 16.3. The third-order valence-corrected chi connectivity index (χ3v) is 3.00. The molecule has 1 aliphatic rings. The Balaban J connectivity index is 2.34. The smallest absolute Gasteiger partial charge is 0.228 e. The molecule has 0 saturated heterocycles. The molecule has 0 aromatic heterocycles. The topological polar surface area (TPSA) is 49.3 Å². The van der Waals surface area contributed by atoms with Crippen LogP contribution >= 0.6 is 0 Å². The first-order chi connectivity index (χ1) is 7.61. The number of hydrogen-bond acceptors (Lipinski definition) is 2. The van der Waals surface area contributed by atoms with Gasteiger partial charge in [-0.1, -0.05) is 25.5 Å². The average Bonchev–Trinajstić information content (AvgIpc) is 2.59. The predicted octanol–water partition coefficient (Wildman–Crippen LogP) is 2.32. The average molecular weight is 219 g/mol. The predicted molar refractivity (Wildman–Crippen MR) is 63.4 cm³/mol. The van der Waals surface area contributed by atoms with Gasteiger partial charge in [-0.2, -0.15) is 0 Å². The number of aliphatic hydroxyl groups excluding tert-OH is 1. The molecule has 1 heterocycles. The highest BCUT2D eigenvalue weighted by molar-refractivity contribution is 6.00. The van der Waals surface area contributed by atoms with Crippen LogP contribution in [0.15, 0.2) is 12.1 Å². The van der Waals surface area contributed by atoms with E-state index in [9.17, 15) is 9.90 Å². The number of nitrogens with one attached hydrogen (secondary N) is 1. The Morgan fingerprint density at radius 3 is 2.94 bits per heavy atom. The molecule has 2 N–H and O–H groups in total. The zero-order chi connectivity index (χ0) is 11.7. The molecule has 0 aliphatic carbocycles. The summed E-state index contributed by atoms with van der Waals surface area (Å²) in [6.45, 7) is 4.02. The van der Waals surface area contributed by atoms with Crippen LogP contribution in [0.4, 0.5) is 5.69 Å². The summed E-state index contributed by atoms with van der Waals surface area (Å²) in [5.74, 6) is 0.0419. The van der Waals surface area contributed by atoms with Crippen LogP contribution in [0, 0.1) is 6.92 Å². The molecule has 1 atom stereocenters. The van der Waals surface area contributed by atoms with E-state index in [1.807, 2.05) is 19.1 Å². The summed E-state index contributed by atoms with van der Waals surface area (Å²) in [5.41, 5.74) is 3.90. The van der Waals surface area contributed by atoms with E-state index in [2.05, 4.69) is 12.2 Å². The molecule has 0 radical (unpaired) electrons. The maximum Gasteiger partial charge on any atom is 0.228 e. The monoisotopic (exact) mass is 219 g/mol. The second kappa shape index (κ2) is 4.26. The largest absolute Gasteiger partial charge is 0.388 e. The third kappa shape index (κ3) is 1.95.